The number of anilines is 1. The van der Waals surface area contributed by atoms with E-state index in [9.17, 15) is 0 Å². The molecule has 2 aromatic rings. The van der Waals surface area contributed by atoms with Crippen molar-refractivity contribution in [2.45, 2.75) is 31.8 Å². The van der Waals surface area contributed by atoms with E-state index in [1.807, 2.05) is 12.1 Å². The van der Waals surface area contributed by atoms with Gasteiger partial charge in [0.05, 0.1) is 7.11 Å². The van der Waals surface area contributed by atoms with Crippen LogP contribution in [0.2, 0.25) is 0 Å². The van der Waals surface area contributed by atoms with Crippen molar-refractivity contribution in [3.8, 4) is 16.9 Å². The fraction of sp³-hybridized carbons (Fsp3) is 0.500. The van der Waals surface area contributed by atoms with Crippen molar-refractivity contribution in [3.63, 3.8) is 0 Å². The predicted molar refractivity (Wildman–Crippen MR) is 117 cm³/mol. The Balaban J connectivity index is 1.36. The molecule has 0 spiro atoms. The Hall–Kier alpha value is -2.04. The summed E-state index contributed by atoms with van der Waals surface area (Å²) in [6.45, 7) is 8.31. The Morgan fingerprint density at radius 2 is 1.64 bits per heavy atom. The van der Waals surface area contributed by atoms with Gasteiger partial charge >= 0.3 is 0 Å². The molecule has 4 nitrogen and oxygen atoms in total. The lowest BCUT2D eigenvalue weighted by Gasteiger charge is -2.45. The van der Waals surface area contributed by atoms with Crippen LogP contribution >= 0.6 is 0 Å². The summed E-state index contributed by atoms with van der Waals surface area (Å²) < 4.78 is 5.35. The fourth-order valence-electron chi connectivity index (χ4n) is 4.56. The molecule has 2 heterocycles. The summed E-state index contributed by atoms with van der Waals surface area (Å²) in [5.41, 5.74) is 3.79. The third-order valence-electron chi connectivity index (χ3n) is 6.61. The molecule has 1 atom stereocenters. The van der Waals surface area contributed by atoms with Crippen LogP contribution in [0, 0.1) is 0 Å². The average molecular weight is 380 g/mol. The van der Waals surface area contributed by atoms with Gasteiger partial charge in [-0.3, -0.25) is 4.90 Å². The van der Waals surface area contributed by atoms with Gasteiger partial charge in [-0.05, 0) is 62.2 Å². The monoisotopic (exact) mass is 379 g/mol. The number of piperidine rings is 1. The molecule has 0 bridgehead atoms. The van der Waals surface area contributed by atoms with E-state index in [1.54, 1.807) is 7.11 Å². The zero-order valence-electron chi connectivity index (χ0n) is 17.5. The lowest BCUT2D eigenvalue weighted by atomic mass is 9.99. The van der Waals surface area contributed by atoms with Crippen LogP contribution in [-0.2, 0) is 0 Å². The molecule has 2 aliphatic rings. The third kappa shape index (κ3) is 4.18. The molecule has 2 fully saturated rings. The highest BCUT2D eigenvalue weighted by molar-refractivity contribution is 5.67. The van der Waals surface area contributed by atoms with Crippen LogP contribution in [0.5, 0.6) is 5.75 Å². The van der Waals surface area contributed by atoms with Crippen molar-refractivity contribution in [2.75, 3.05) is 51.8 Å². The van der Waals surface area contributed by atoms with Crippen LogP contribution in [0.15, 0.2) is 48.5 Å². The van der Waals surface area contributed by atoms with Crippen molar-refractivity contribution < 1.29 is 4.74 Å². The standard InChI is InChI=1S/C24H33N3O/c1-19-18-27(16-15-25(19)2)23-11-13-26(14-12-23)22-9-7-20(8-10-22)21-5-4-6-24(17-21)28-3/h4-10,17,19,23H,11-16,18H2,1-3H3/t19-/m0/s1. The number of benzene rings is 2. The smallest absolute Gasteiger partial charge is 0.119 e. The number of rotatable bonds is 4. The second-order valence-electron chi connectivity index (χ2n) is 8.32. The van der Waals surface area contributed by atoms with Gasteiger partial charge in [0.2, 0.25) is 0 Å². The van der Waals surface area contributed by atoms with Gasteiger partial charge in [-0.2, -0.15) is 0 Å². The third-order valence-corrected chi connectivity index (χ3v) is 6.61. The number of hydrogen-bond acceptors (Lipinski definition) is 4. The number of ether oxygens (including phenoxy) is 1. The molecule has 4 rings (SSSR count). The van der Waals surface area contributed by atoms with Crippen molar-refractivity contribution >= 4 is 5.69 Å². The highest BCUT2D eigenvalue weighted by atomic mass is 16.5. The molecule has 0 unspecified atom stereocenters. The molecule has 4 heteroatoms. The average Bonchev–Trinajstić information content (AvgIpc) is 2.76. The second kappa shape index (κ2) is 8.54. The summed E-state index contributed by atoms with van der Waals surface area (Å²) in [5.74, 6) is 0.905. The minimum absolute atomic E-state index is 0.677. The normalized spacial score (nSPS) is 22.4. The maximum absolute atomic E-state index is 5.35. The first-order chi connectivity index (χ1) is 13.6. The van der Waals surface area contributed by atoms with Gasteiger partial charge in [0.1, 0.15) is 5.75 Å². The van der Waals surface area contributed by atoms with Gasteiger partial charge < -0.3 is 14.5 Å². The molecule has 0 aromatic heterocycles. The molecule has 2 saturated heterocycles. The lowest BCUT2D eigenvalue weighted by Crippen LogP contribution is -2.55. The van der Waals surface area contributed by atoms with E-state index < -0.39 is 0 Å². The highest BCUT2D eigenvalue weighted by Crippen LogP contribution is 2.28. The van der Waals surface area contributed by atoms with E-state index in [-0.39, 0.29) is 0 Å². The van der Waals surface area contributed by atoms with Gasteiger partial charge in [0.15, 0.2) is 0 Å². The Morgan fingerprint density at radius 3 is 2.32 bits per heavy atom. The first-order valence-electron chi connectivity index (χ1n) is 10.6. The number of methoxy groups -OCH3 is 1. The quantitative estimate of drug-likeness (QED) is 0.800. The zero-order valence-corrected chi connectivity index (χ0v) is 17.5. The summed E-state index contributed by atoms with van der Waals surface area (Å²) in [6, 6.07) is 18.7. The summed E-state index contributed by atoms with van der Waals surface area (Å²) in [7, 11) is 3.97. The van der Waals surface area contributed by atoms with Crippen LogP contribution in [0.1, 0.15) is 19.8 Å². The number of likely N-dealkylation sites (N-methyl/N-ethyl adjacent to an activating group) is 1. The maximum Gasteiger partial charge on any atom is 0.119 e. The topological polar surface area (TPSA) is 19.0 Å². The minimum atomic E-state index is 0.677. The molecule has 0 saturated carbocycles. The first-order valence-corrected chi connectivity index (χ1v) is 10.6. The van der Waals surface area contributed by atoms with Crippen LogP contribution in [0.25, 0.3) is 11.1 Å². The van der Waals surface area contributed by atoms with E-state index in [1.165, 1.54) is 49.3 Å². The number of nitrogens with zero attached hydrogens (tertiary/aromatic N) is 3. The zero-order chi connectivity index (χ0) is 19.5. The van der Waals surface area contributed by atoms with E-state index in [0.717, 1.165) is 24.9 Å². The largest absolute Gasteiger partial charge is 0.497 e. The van der Waals surface area contributed by atoms with Gasteiger partial charge in [0.25, 0.3) is 0 Å². The fourth-order valence-corrected chi connectivity index (χ4v) is 4.56. The Morgan fingerprint density at radius 1 is 0.893 bits per heavy atom. The Labute approximate surface area is 169 Å². The lowest BCUT2D eigenvalue weighted by molar-refractivity contribution is 0.0627. The Kier molecular flexibility index (Phi) is 5.88. The molecule has 0 radical (unpaired) electrons. The van der Waals surface area contributed by atoms with Crippen molar-refractivity contribution in [3.05, 3.63) is 48.5 Å². The highest BCUT2D eigenvalue weighted by Gasteiger charge is 2.29. The number of piperazine rings is 1. The maximum atomic E-state index is 5.35. The van der Waals surface area contributed by atoms with Gasteiger partial charge in [-0.25, -0.2) is 0 Å². The second-order valence-corrected chi connectivity index (χ2v) is 8.32. The van der Waals surface area contributed by atoms with E-state index in [0.29, 0.717) is 6.04 Å². The van der Waals surface area contributed by atoms with Crippen molar-refractivity contribution in [1.29, 1.82) is 0 Å². The Bertz CT molecular complexity index is 768. The molecule has 28 heavy (non-hydrogen) atoms. The van der Waals surface area contributed by atoms with Gasteiger partial charge in [0, 0.05) is 50.5 Å². The summed E-state index contributed by atoms with van der Waals surface area (Å²) >= 11 is 0. The van der Waals surface area contributed by atoms with Gasteiger partial charge in [-0.1, -0.05) is 24.3 Å². The minimum Gasteiger partial charge on any atom is -0.497 e. The number of hydrogen-bond donors (Lipinski definition) is 0. The molecule has 0 amide bonds. The van der Waals surface area contributed by atoms with E-state index in [4.69, 9.17) is 4.74 Å². The van der Waals surface area contributed by atoms with Crippen molar-refractivity contribution in [2.24, 2.45) is 0 Å². The van der Waals surface area contributed by atoms with Gasteiger partial charge in [-0.15, -0.1) is 0 Å². The predicted octanol–water partition coefficient (Wildman–Crippen LogP) is 3.97. The van der Waals surface area contributed by atoms with Crippen molar-refractivity contribution in [1.82, 2.24) is 9.80 Å². The van der Waals surface area contributed by atoms with E-state index in [2.05, 4.69) is 65.1 Å². The SMILES string of the molecule is COc1cccc(-c2ccc(N3CCC(N4CCN(C)[C@@H](C)C4)CC3)cc2)c1. The summed E-state index contributed by atoms with van der Waals surface area (Å²) in [6.07, 6.45) is 2.54. The summed E-state index contributed by atoms with van der Waals surface area (Å²) in [4.78, 5) is 7.76. The molecular formula is C24H33N3O. The van der Waals surface area contributed by atoms with Crippen LogP contribution < -0.4 is 9.64 Å². The van der Waals surface area contributed by atoms with Crippen LogP contribution in [-0.4, -0.2) is 68.8 Å². The van der Waals surface area contributed by atoms with Crippen LogP contribution in [0.4, 0.5) is 5.69 Å². The molecule has 0 N–H and O–H groups in total. The van der Waals surface area contributed by atoms with Crippen LogP contribution in [0.3, 0.4) is 0 Å². The molecule has 2 aromatic carbocycles. The van der Waals surface area contributed by atoms with E-state index >= 15 is 0 Å². The molecule has 0 aliphatic carbocycles. The molecule has 2 aliphatic heterocycles. The summed E-state index contributed by atoms with van der Waals surface area (Å²) in [5, 5.41) is 0. The first kappa shape index (κ1) is 19.3. The molecule has 150 valence electrons. The molecular weight excluding hydrogens is 346 g/mol.